The van der Waals surface area contributed by atoms with E-state index in [2.05, 4.69) is 10.0 Å². The lowest BCUT2D eigenvalue weighted by molar-refractivity contribution is 0.513. The Morgan fingerprint density at radius 3 is 2.67 bits per heavy atom. The minimum Gasteiger partial charge on any atom is -0.313 e. The molecule has 0 amide bonds. The number of sulfonamides is 1. The van der Waals surface area contributed by atoms with Crippen LogP contribution in [0.5, 0.6) is 0 Å². The van der Waals surface area contributed by atoms with Crippen LogP contribution in [0.25, 0.3) is 0 Å². The third-order valence-corrected chi connectivity index (χ3v) is 5.34. The Labute approximate surface area is 126 Å². The van der Waals surface area contributed by atoms with E-state index in [-0.39, 0.29) is 4.90 Å². The van der Waals surface area contributed by atoms with E-state index in [9.17, 15) is 12.8 Å². The van der Waals surface area contributed by atoms with Gasteiger partial charge in [0.1, 0.15) is 10.7 Å². The van der Waals surface area contributed by atoms with E-state index in [1.54, 1.807) is 6.07 Å². The maximum absolute atomic E-state index is 13.8. The molecule has 6 heteroatoms. The number of nitrogens with one attached hydrogen (secondary N) is 2. The fraction of sp³-hybridized carbons (Fsp3) is 0.600. The normalized spacial score (nSPS) is 16.5. The molecule has 2 rings (SSSR count). The molecule has 0 aliphatic heterocycles. The highest BCUT2D eigenvalue weighted by molar-refractivity contribution is 7.89. The molecule has 4 nitrogen and oxygen atoms in total. The second-order valence-corrected chi connectivity index (χ2v) is 7.28. The van der Waals surface area contributed by atoms with Gasteiger partial charge < -0.3 is 5.32 Å². The molecule has 2 N–H and O–H groups in total. The van der Waals surface area contributed by atoms with Crippen LogP contribution < -0.4 is 10.0 Å². The first-order chi connectivity index (χ1) is 10.0. The Balaban J connectivity index is 2.09. The van der Waals surface area contributed by atoms with Crippen molar-refractivity contribution in [1.29, 1.82) is 0 Å². The first-order valence-corrected chi connectivity index (χ1v) is 9.00. The largest absolute Gasteiger partial charge is 0.313 e. The zero-order chi connectivity index (χ0) is 15.3. The Hall–Kier alpha value is -0.980. The maximum Gasteiger partial charge on any atom is 0.243 e. The summed E-state index contributed by atoms with van der Waals surface area (Å²) in [7, 11) is -3.78. The van der Waals surface area contributed by atoms with Crippen molar-refractivity contribution in [2.75, 3.05) is 13.1 Å². The summed E-state index contributed by atoms with van der Waals surface area (Å²) in [4.78, 5) is -0.254. The molecule has 0 heterocycles. The SMILES string of the molecule is CCNCc1ccc(F)c(S(=O)(=O)NCC2CCCC2)c1. The first-order valence-electron chi connectivity index (χ1n) is 7.51. The van der Waals surface area contributed by atoms with Crippen LogP contribution in [0, 0.1) is 11.7 Å². The number of rotatable bonds is 7. The Morgan fingerprint density at radius 1 is 1.29 bits per heavy atom. The van der Waals surface area contributed by atoms with Gasteiger partial charge in [-0.05, 0) is 43.0 Å². The molecule has 0 radical (unpaired) electrons. The molecule has 0 unspecified atom stereocenters. The van der Waals surface area contributed by atoms with Crippen LogP contribution >= 0.6 is 0 Å². The minimum absolute atomic E-state index is 0.254. The maximum atomic E-state index is 13.8. The predicted molar refractivity (Wildman–Crippen MR) is 80.9 cm³/mol. The van der Waals surface area contributed by atoms with Crippen molar-refractivity contribution in [3.05, 3.63) is 29.6 Å². The number of halogens is 1. The second-order valence-electron chi connectivity index (χ2n) is 5.55. The quantitative estimate of drug-likeness (QED) is 0.812. The predicted octanol–water partition coefficient (Wildman–Crippen LogP) is 2.40. The highest BCUT2D eigenvalue weighted by Gasteiger charge is 2.22. The standard InChI is InChI=1S/C15H23FN2O2S/c1-2-17-10-13-7-8-14(16)15(9-13)21(19,20)18-11-12-5-3-4-6-12/h7-9,12,17-18H,2-6,10-11H2,1H3. The highest BCUT2D eigenvalue weighted by Crippen LogP contribution is 2.24. The lowest BCUT2D eigenvalue weighted by atomic mass is 10.1. The van der Waals surface area contributed by atoms with Crippen LogP contribution in [0.2, 0.25) is 0 Å². The van der Waals surface area contributed by atoms with Gasteiger partial charge in [0.05, 0.1) is 0 Å². The lowest BCUT2D eigenvalue weighted by Crippen LogP contribution is -2.29. The van der Waals surface area contributed by atoms with Gasteiger partial charge >= 0.3 is 0 Å². The van der Waals surface area contributed by atoms with E-state index in [0.29, 0.717) is 19.0 Å². The third kappa shape index (κ3) is 4.49. The molecule has 1 aromatic carbocycles. The summed E-state index contributed by atoms with van der Waals surface area (Å²) in [5.41, 5.74) is 0.763. The fourth-order valence-corrected chi connectivity index (χ4v) is 3.89. The summed E-state index contributed by atoms with van der Waals surface area (Å²) in [5.74, 6) is -0.318. The molecule has 0 bridgehead atoms. The molecule has 1 aromatic rings. The molecule has 1 aliphatic rings. The van der Waals surface area contributed by atoms with Crippen molar-refractivity contribution in [2.24, 2.45) is 5.92 Å². The topological polar surface area (TPSA) is 58.2 Å². The van der Waals surface area contributed by atoms with Crippen molar-refractivity contribution in [2.45, 2.75) is 44.0 Å². The zero-order valence-corrected chi connectivity index (χ0v) is 13.2. The van der Waals surface area contributed by atoms with Gasteiger partial charge in [-0.2, -0.15) is 0 Å². The molecule has 21 heavy (non-hydrogen) atoms. The molecule has 1 saturated carbocycles. The van der Waals surface area contributed by atoms with Crippen LogP contribution in [-0.4, -0.2) is 21.5 Å². The molecule has 118 valence electrons. The van der Waals surface area contributed by atoms with Gasteiger partial charge in [0.15, 0.2) is 0 Å². The van der Waals surface area contributed by atoms with E-state index in [1.807, 2.05) is 6.92 Å². The molecule has 0 atom stereocenters. The van der Waals surface area contributed by atoms with E-state index in [4.69, 9.17) is 0 Å². The van der Waals surface area contributed by atoms with Crippen LogP contribution in [0.15, 0.2) is 23.1 Å². The van der Waals surface area contributed by atoms with E-state index >= 15 is 0 Å². The van der Waals surface area contributed by atoms with Crippen molar-refractivity contribution >= 4 is 10.0 Å². The average molecular weight is 314 g/mol. The molecule has 0 aromatic heterocycles. The Morgan fingerprint density at radius 2 is 2.00 bits per heavy atom. The smallest absolute Gasteiger partial charge is 0.243 e. The van der Waals surface area contributed by atoms with Crippen LogP contribution in [0.4, 0.5) is 4.39 Å². The molecule has 0 spiro atoms. The minimum atomic E-state index is -3.78. The van der Waals surface area contributed by atoms with Crippen LogP contribution in [0.1, 0.15) is 38.2 Å². The van der Waals surface area contributed by atoms with Gasteiger partial charge in [0, 0.05) is 13.1 Å². The summed E-state index contributed by atoms with van der Waals surface area (Å²) < 4.78 is 40.9. The van der Waals surface area contributed by atoms with Crippen molar-refractivity contribution < 1.29 is 12.8 Å². The zero-order valence-electron chi connectivity index (χ0n) is 12.4. The van der Waals surface area contributed by atoms with Gasteiger partial charge in [-0.1, -0.05) is 25.8 Å². The molecular weight excluding hydrogens is 291 g/mol. The van der Waals surface area contributed by atoms with E-state index < -0.39 is 15.8 Å². The molecule has 0 saturated heterocycles. The number of hydrogen-bond donors (Lipinski definition) is 2. The molecule has 1 aliphatic carbocycles. The van der Waals surface area contributed by atoms with Crippen LogP contribution in [0.3, 0.4) is 0 Å². The summed E-state index contributed by atoms with van der Waals surface area (Å²) >= 11 is 0. The summed E-state index contributed by atoms with van der Waals surface area (Å²) in [5, 5.41) is 3.10. The monoisotopic (exact) mass is 314 g/mol. The first kappa shape index (κ1) is 16.4. The highest BCUT2D eigenvalue weighted by atomic mass is 32.2. The Bertz CT molecular complexity index is 569. The van der Waals surface area contributed by atoms with Gasteiger partial charge in [-0.15, -0.1) is 0 Å². The van der Waals surface area contributed by atoms with Gasteiger partial charge in [0.25, 0.3) is 0 Å². The van der Waals surface area contributed by atoms with Crippen molar-refractivity contribution in [1.82, 2.24) is 10.0 Å². The number of benzene rings is 1. The summed E-state index contributed by atoms with van der Waals surface area (Å²) in [6.07, 6.45) is 4.40. The van der Waals surface area contributed by atoms with Gasteiger partial charge in [-0.3, -0.25) is 0 Å². The summed E-state index contributed by atoms with van der Waals surface area (Å²) in [6.45, 7) is 3.67. The average Bonchev–Trinajstić information content (AvgIpc) is 2.97. The van der Waals surface area contributed by atoms with E-state index in [1.165, 1.54) is 12.1 Å². The number of hydrogen-bond acceptors (Lipinski definition) is 3. The second kappa shape index (κ2) is 7.33. The van der Waals surface area contributed by atoms with Crippen molar-refractivity contribution in [3.63, 3.8) is 0 Å². The van der Waals surface area contributed by atoms with Gasteiger partial charge in [-0.25, -0.2) is 17.5 Å². The summed E-state index contributed by atoms with van der Waals surface area (Å²) in [6, 6.07) is 4.24. The van der Waals surface area contributed by atoms with Crippen LogP contribution in [-0.2, 0) is 16.6 Å². The third-order valence-electron chi connectivity index (χ3n) is 3.90. The van der Waals surface area contributed by atoms with Gasteiger partial charge in [0.2, 0.25) is 10.0 Å². The fourth-order valence-electron chi connectivity index (χ4n) is 2.65. The van der Waals surface area contributed by atoms with E-state index in [0.717, 1.165) is 37.8 Å². The lowest BCUT2D eigenvalue weighted by Gasteiger charge is -2.13. The molecule has 1 fully saturated rings. The molecular formula is C15H23FN2O2S. The Kier molecular flexibility index (Phi) is 5.72. The van der Waals surface area contributed by atoms with Crippen molar-refractivity contribution in [3.8, 4) is 0 Å².